The molecule has 8 heteroatoms. The minimum Gasteiger partial charge on any atom is -0.481 e. The highest BCUT2D eigenvalue weighted by molar-refractivity contribution is 6.35. The van der Waals surface area contributed by atoms with Crippen LogP contribution in [0, 0.1) is 5.92 Å². The number of benzene rings is 2. The Morgan fingerprint density at radius 3 is 2.18 bits per heavy atom. The molecule has 1 atom stereocenters. The van der Waals surface area contributed by atoms with E-state index in [0.717, 1.165) is 36.8 Å². The molecule has 1 N–H and O–H groups in total. The molecule has 2 rings (SSSR count). The Morgan fingerprint density at radius 2 is 1.53 bits per heavy atom. The van der Waals surface area contributed by atoms with Gasteiger partial charge in [0.2, 0.25) is 0 Å². The minimum atomic E-state index is -0.758. The fraction of sp³-hybridized carbons (Fsp3) is 0.462. The molecule has 1 unspecified atom stereocenters. The number of methoxy groups -OCH3 is 1. The lowest BCUT2D eigenvalue weighted by Gasteiger charge is -2.13. The number of aliphatic carboxylic acids is 1. The van der Waals surface area contributed by atoms with E-state index in [4.69, 9.17) is 44.3 Å². The topological polar surface area (TPSA) is 72.8 Å². The second kappa shape index (κ2) is 15.3. The Bertz CT molecular complexity index is 948. The summed E-state index contributed by atoms with van der Waals surface area (Å²) in [6.07, 6.45) is 5.82. The quantitative estimate of drug-likeness (QED) is 0.146. The van der Waals surface area contributed by atoms with Crippen LogP contribution in [0.5, 0.6) is 5.75 Å². The molecule has 0 saturated carbocycles. The zero-order chi connectivity index (χ0) is 24.9. The molecule has 0 aliphatic rings. The monoisotopic (exact) mass is 528 g/mol. The number of rotatable bonds is 15. The lowest BCUT2D eigenvalue weighted by atomic mass is 9.95. The summed E-state index contributed by atoms with van der Waals surface area (Å²) in [7, 11) is 1.64. The summed E-state index contributed by atoms with van der Waals surface area (Å²) in [5.41, 5.74) is 1.65. The Balaban J connectivity index is 1.82. The Kier molecular flexibility index (Phi) is 12.8. The van der Waals surface area contributed by atoms with Crippen LogP contribution >= 0.6 is 34.8 Å². The van der Waals surface area contributed by atoms with E-state index >= 15 is 0 Å². The average Bonchev–Trinajstić information content (AvgIpc) is 2.78. The van der Waals surface area contributed by atoms with Crippen LogP contribution in [0.25, 0.3) is 0 Å². The van der Waals surface area contributed by atoms with Gasteiger partial charge >= 0.3 is 11.9 Å². The van der Waals surface area contributed by atoms with Crippen LogP contribution in [-0.4, -0.2) is 30.8 Å². The van der Waals surface area contributed by atoms with Crippen molar-refractivity contribution in [2.45, 2.75) is 57.8 Å². The normalized spacial score (nSPS) is 11.9. The maximum absolute atomic E-state index is 12.4. The van der Waals surface area contributed by atoms with E-state index < -0.39 is 5.97 Å². The van der Waals surface area contributed by atoms with Gasteiger partial charge in [-0.05, 0) is 61.1 Å². The standard InChI is InChI=1S/C26H31Cl3O5/c1-33-14-6-5-8-18(26(31)32)7-3-2-4-9-25(30)34-24-17-22(28)13-11-20(24)15-19-10-12-21(27)16-23(19)29/h10-13,16-18H,2-9,14-15H2,1H3,(H,31,32). The zero-order valence-electron chi connectivity index (χ0n) is 19.3. The second-order valence-corrected chi connectivity index (χ2v) is 9.54. The number of carbonyl (C=O) groups is 2. The number of carboxylic acid groups (broad SMARTS) is 1. The van der Waals surface area contributed by atoms with Gasteiger partial charge in [0.05, 0.1) is 5.92 Å². The van der Waals surface area contributed by atoms with E-state index in [1.54, 1.807) is 31.4 Å². The predicted molar refractivity (Wildman–Crippen MR) is 136 cm³/mol. The first-order chi connectivity index (χ1) is 16.3. The molecular formula is C26H31Cl3O5. The predicted octanol–water partition coefficient (Wildman–Crippen LogP) is 7.61. The Hall–Kier alpha value is -1.79. The zero-order valence-corrected chi connectivity index (χ0v) is 21.6. The number of esters is 1. The molecule has 0 amide bonds. The summed E-state index contributed by atoms with van der Waals surface area (Å²) in [6, 6.07) is 10.5. The number of unbranched alkanes of at least 4 members (excludes halogenated alkanes) is 3. The maximum Gasteiger partial charge on any atom is 0.311 e. The smallest absolute Gasteiger partial charge is 0.311 e. The van der Waals surface area contributed by atoms with Crippen molar-refractivity contribution in [1.82, 2.24) is 0 Å². The highest BCUT2D eigenvalue weighted by atomic mass is 35.5. The number of carbonyl (C=O) groups excluding carboxylic acids is 1. The molecule has 2 aromatic carbocycles. The maximum atomic E-state index is 12.4. The third-order valence-corrected chi connectivity index (χ3v) is 6.40. The molecule has 0 radical (unpaired) electrons. The van der Waals surface area contributed by atoms with Crippen molar-refractivity contribution >= 4 is 46.7 Å². The van der Waals surface area contributed by atoms with Gasteiger partial charge in [0.15, 0.2) is 0 Å². The number of carboxylic acids is 1. The van der Waals surface area contributed by atoms with E-state index in [0.29, 0.717) is 53.1 Å². The molecule has 0 aliphatic heterocycles. The van der Waals surface area contributed by atoms with Gasteiger partial charge in [0, 0.05) is 41.6 Å². The summed E-state index contributed by atoms with van der Waals surface area (Å²) in [6.45, 7) is 0.648. The van der Waals surface area contributed by atoms with E-state index in [1.165, 1.54) is 0 Å². The fourth-order valence-corrected chi connectivity index (χ4v) is 4.32. The van der Waals surface area contributed by atoms with E-state index in [9.17, 15) is 14.7 Å². The molecule has 5 nitrogen and oxygen atoms in total. The minimum absolute atomic E-state index is 0.249. The van der Waals surface area contributed by atoms with Crippen molar-refractivity contribution in [3.05, 3.63) is 62.6 Å². The molecule has 0 spiro atoms. The van der Waals surface area contributed by atoms with Gasteiger partial charge in [-0.1, -0.05) is 66.2 Å². The number of halogens is 3. The molecular weight excluding hydrogens is 499 g/mol. The average molecular weight is 530 g/mol. The largest absolute Gasteiger partial charge is 0.481 e. The molecule has 186 valence electrons. The Labute approximate surface area is 216 Å². The lowest BCUT2D eigenvalue weighted by molar-refractivity contribution is -0.142. The molecule has 0 fully saturated rings. The van der Waals surface area contributed by atoms with Crippen molar-refractivity contribution in [1.29, 1.82) is 0 Å². The van der Waals surface area contributed by atoms with Crippen LogP contribution in [0.3, 0.4) is 0 Å². The molecule has 34 heavy (non-hydrogen) atoms. The molecule has 0 heterocycles. The summed E-state index contributed by atoms with van der Waals surface area (Å²) in [5, 5.41) is 11.0. The van der Waals surface area contributed by atoms with E-state index in [-0.39, 0.29) is 18.3 Å². The van der Waals surface area contributed by atoms with Gasteiger partial charge in [-0.15, -0.1) is 0 Å². The summed E-state index contributed by atoms with van der Waals surface area (Å²) in [4.78, 5) is 23.9. The van der Waals surface area contributed by atoms with Crippen LogP contribution in [0.4, 0.5) is 0 Å². The summed E-state index contributed by atoms with van der Waals surface area (Å²) in [5.74, 6) is -1.05. The third-order valence-electron chi connectivity index (χ3n) is 5.58. The van der Waals surface area contributed by atoms with E-state index in [1.807, 2.05) is 12.1 Å². The molecule has 0 aromatic heterocycles. The Morgan fingerprint density at radius 1 is 0.882 bits per heavy atom. The van der Waals surface area contributed by atoms with Crippen LogP contribution in [-0.2, 0) is 20.7 Å². The van der Waals surface area contributed by atoms with Gasteiger partial charge in [-0.25, -0.2) is 0 Å². The molecule has 2 aromatic rings. The molecule has 0 saturated heterocycles. The van der Waals surface area contributed by atoms with Crippen molar-refractivity contribution in [3.63, 3.8) is 0 Å². The summed E-state index contributed by atoms with van der Waals surface area (Å²) < 4.78 is 10.6. The first-order valence-electron chi connectivity index (χ1n) is 11.4. The second-order valence-electron chi connectivity index (χ2n) is 8.26. The van der Waals surface area contributed by atoms with Gasteiger partial charge < -0.3 is 14.6 Å². The van der Waals surface area contributed by atoms with Gasteiger partial charge in [-0.2, -0.15) is 0 Å². The highest BCUT2D eigenvalue weighted by Gasteiger charge is 2.17. The fourth-order valence-electron chi connectivity index (χ4n) is 3.68. The summed E-state index contributed by atoms with van der Waals surface area (Å²) >= 11 is 18.4. The van der Waals surface area contributed by atoms with Crippen molar-refractivity contribution in [2.24, 2.45) is 5.92 Å². The number of hydrogen-bond acceptors (Lipinski definition) is 4. The van der Waals surface area contributed by atoms with Gasteiger partial charge in [0.1, 0.15) is 5.75 Å². The van der Waals surface area contributed by atoms with Crippen molar-refractivity contribution in [2.75, 3.05) is 13.7 Å². The first kappa shape index (κ1) is 28.4. The van der Waals surface area contributed by atoms with Crippen LogP contribution in [0.2, 0.25) is 15.1 Å². The van der Waals surface area contributed by atoms with Gasteiger partial charge in [-0.3, -0.25) is 9.59 Å². The van der Waals surface area contributed by atoms with Crippen LogP contribution in [0.1, 0.15) is 62.5 Å². The highest BCUT2D eigenvalue weighted by Crippen LogP contribution is 2.30. The van der Waals surface area contributed by atoms with Crippen molar-refractivity contribution < 1.29 is 24.2 Å². The van der Waals surface area contributed by atoms with E-state index in [2.05, 4.69) is 0 Å². The van der Waals surface area contributed by atoms with Crippen LogP contribution < -0.4 is 4.74 Å². The SMILES string of the molecule is COCCCCC(CCCCCC(=O)Oc1cc(Cl)ccc1Cc1ccc(Cl)cc1Cl)C(=O)O. The van der Waals surface area contributed by atoms with Crippen LogP contribution in [0.15, 0.2) is 36.4 Å². The number of hydrogen-bond donors (Lipinski definition) is 1. The van der Waals surface area contributed by atoms with Crippen molar-refractivity contribution in [3.8, 4) is 5.75 Å². The third kappa shape index (κ3) is 10.2. The lowest BCUT2D eigenvalue weighted by Crippen LogP contribution is -2.14. The first-order valence-corrected chi connectivity index (χ1v) is 12.6. The number of ether oxygens (including phenoxy) is 2. The van der Waals surface area contributed by atoms with Gasteiger partial charge in [0.25, 0.3) is 0 Å². The molecule has 0 bridgehead atoms. The molecule has 0 aliphatic carbocycles.